The zero-order valence-electron chi connectivity index (χ0n) is 10.3. The molecule has 2 atom stereocenters. The first kappa shape index (κ1) is 13.7. The second-order valence-electron chi connectivity index (χ2n) is 4.41. The fraction of sp³-hybridized carbons (Fsp3) is 0.500. The van der Waals surface area contributed by atoms with Crippen molar-refractivity contribution in [2.45, 2.75) is 32.1 Å². The number of hydrogen-bond donors (Lipinski definition) is 2. The lowest BCUT2D eigenvalue weighted by Crippen LogP contribution is -2.25. The van der Waals surface area contributed by atoms with Crippen LogP contribution in [0.5, 0.6) is 0 Å². The van der Waals surface area contributed by atoms with Gasteiger partial charge in [0.15, 0.2) is 0 Å². The molecule has 94 valence electrons. The van der Waals surface area contributed by atoms with E-state index in [4.69, 9.17) is 5.73 Å². The second-order valence-corrected chi connectivity index (χ2v) is 4.41. The van der Waals surface area contributed by atoms with Crippen LogP contribution in [0.25, 0.3) is 0 Å². The average Bonchev–Trinajstić information content (AvgIpc) is 2.35. The van der Waals surface area contributed by atoms with E-state index >= 15 is 0 Å². The molecule has 0 spiro atoms. The van der Waals surface area contributed by atoms with Crippen molar-refractivity contribution in [3.63, 3.8) is 0 Å². The van der Waals surface area contributed by atoms with Crippen molar-refractivity contribution in [2.24, 2.45) is 11.7 Å². The van der Waals surface area contributed by atoms with E-state index in [1.54, 1.807) is 0 Å². The van der Waals surface area contributed by atoms with E-state index in [1.807, 2.05) is 37.3 Å². The third-order valence-corrected chi connectivity index (χ3v) is 3.10. The van der Waals surface area contributed by atoms with Gasteiger partial charge in [0.05, 0.1) is 0 Å². The maximum absolute atomic E-state index is 11.3. The van der Waals surface area contributed by atoms with E-state index in [2.05, 4.69) is 0 Å². The third-order valence-electron chi connectivity index (χ3n) is 3.10. The van der Waals surface area contributed by atoms with Crippen LogP contribution in [0.4, 0.5) is 0 Å². The Labute approximate surface area is 103 Å². The number of primary amides is 1. The highest BCUT2D eigenvalue weighted by atomic mass is 16.3. The van der Waals surface area contributed by atoms with Gasteiger partial charge in [0, 0.05) is 18.4 Å². The lowest BCUT2D eigenvalue weighted by atomic mass is 9.87. The normalized spacial score (nSPS) is 14.2. The summed E-state index contributed by atoms with van der Waals surface area (Å²) >= 11 is 0. The largest absolute Gasteiger partial charge is 0.396 e. The summed E-state index contributed by atoms with van der Waals surface area (Å²) in [5.74, 6) is -0.404. The first-order valence-electron chi connectivity index (χ1n) is 6.14. The van der Waals surface area contributed by atoms with Gasteiger partial charge < -0.3 is 10.8 Å². The maximum Gasteiger partial charge on any atom is 0.220 e. The van der Waals surface area contributed by atoms with E-state index in [-0.39, 0.29) is 24.3 Å². The van der Waals surface area contributed by atoms with E-state index in [9.17, 15) is 9.90 Å². The number of amides is 1. The van der Waals surface area contributed by atoms with Crippen LogP contribution in [0.2, 0.25) is 0 Å². The summed E-state index contributed by atoms with van der Waals surface area (Å²) in [4.78, 5) is 11.3. The summed E-state index contributed by atoms with van der Waals surface area (Å²) in [5, 5.41) is 9.43. The number of rotatable bonds is 7. The smallest absolute Gasteiger partial charge is 0.220 e. The summed E-state index contributed by atoms with van der Waals surface area (Å²) in [6.45, 7) is 2.09. The first-order chi connectivity index (χ1) is 8.19. The van der Waals surface area contributed by atoms with Crippen LogP contribution >= 0.6 is 0 Å². The summed E-state index contributed by atoms with van der Waals surface area (Å²) in [6.07, 6.45) is 2.35. The number of aliphatic hydroxyl groups excluding tert-OH is 1. The van der Waals surface area contributed by atoms with E-state index < -0.39 is 0 Å². The van der Waals surface area contributed by atoms with Crippen LogP contribution in [0.15, 0.2) is 30.3 Å². The Kier molecular flexibility index (Phi) is 5.70. The number of nitrogens with two attached hydrogens (primary N) is 1. The number of carbonyl (C=O) groups excluding carboxylic acids is 1. The Balaban J connectivity index is 2.71. The molecule has 0 saturated carbocycles. The Bertz CT molecular complexity index is 337. The second kappa shape index (κ2) is 7.07. The van der Waals surface area contributed by atoms with Crippen molar-refractivity contribution >= 4 is 5.91 Å². The van der Waals surface area contributed by atoms with Gasteiger partial charge in [-0.25, -0.2) is 0 Å². The molecule has 0 aromatic heterocycles. The molecule has 0 aliphatic heterocycles. The molecule has 0 bridgehead atoms. The quantitative estimate of drug-likeness (QED) is 0.759. The lowest BCUT2D eigenvalue weighted by Gasteiger charge is -2.20. The van der Waals surface area contributed by atoms with Crippen molar-refractivity contribution in [1.29, 1.82) is 0 Å². The molecule has 1 aromatic carbocycles. The Hall–Kier alpha value is -1.35. The SMILES string of the molecule is CCCC(C[C@@H](CO)c1ccccc1)C(N)=O. The van der Waals surface area contributed by atoms with Gasteiger partial charge in [-0.05, 0) is 18.4 Å². The lowest BCUT2D eigenvalue weighted by molar-refractivity contribution is -0.122. The summed E-state index contributed by atoms with van der Waals surface area (Å²) in [5.41, 5.74) is 6.45. The fourth-order valence-electron chi connectivity index (χ4n) is 2.11. The third kappa shape index (κ3) is 4.19. The summed E-state index contributed by atoms with van der Waals surface area (Å²) in [6, 6.07) is 9.78. The van der Waals surface area contributed by atoms with Gasteiger partial charge in [-0.3, -0.25) is 4.79 Å². The molecule has 0 fully saturated rings. The highest BCUT2D eigenvalue weighted by Gasteiger charge is 2.20. The standard InChI is InChI=1S/C14H21NO2/c1-2-6-12(14(15)17)9-13(10-16)11-7-4-3-5-8-11/h3-5,7-8,12-13,16H,2,6,9-10H2,1H3,(H2,15,17)/t12?,13-/m0/s1. The van der Waals surface area contributed by atoms with E-state index in [1.165, 1.54) is 0 Å². The van der Waals surface area contributed by atoms with Crippen LogP contribution in [-0.4, -0.2) is 17.6 Å². The van der Waals surface area contributed by atoms with E-state index in [0.29, 0.717) is 6.42 Å². The Morgan fingerprint density at radius 3 is 2.47 bits per heavy atom. The van der Waals surface area contributed by atoms with Crippen molar-refractivity contribution < 1.29 is 9.90 Å². The minimum absolute atomic E-state index is 0.000231. The van der Waals surface area contributed by atoms with Gasteiger partial charge in [0.1, 0.15) is 0 Å². The summed E-state index contributed by atoms with van der Waals surface area (Å²) < 4.78 is 0. The highest BCUT2D eigenvalue weighted by molar-refractivity contribution is 5.76. The van der Waals surface area contributed by atoms with Crippen LogP contribution < -0.4 is 5.73 Å². The molecule has 0 radical (unpaired) electrons. The van der Waals surface area contributed by atoms with Crippen molar-refractivity contribution in [1.82, 2.24) is 0 Å². The predicted molar refractivity (Wildman–Crippen MR) is 68.5 cm³/mol. The average molecular weight is 235 g/mol. The van der Waals surface area contributed by atoms with Crippen LogP contribution in [0.1, 0.15) is 37.7 Å². The summed E-state index contributed by atoms with van der Waals surface area (Å²) in [7, 11) is 0. The molecular formula is C14H21NO2. The zero-order valence-corrected chi connectivity index (χ0v) is 10.3. The molecule has 1 unspecified atom stereocenters. The minimum Gasteiger partial charge on any atom is -0.396 e. The van der Waals surface area contributed by atoms with Crippen LogP contribution in [0.3, 0.4) is 0 Å². The van der Waals surface area contributed by atoms with Gasteiger partial charge in [0.25, 0.3) is 0 Å². The van der Waals surface area contributed by atoms with Crippen molar-refractivity contribution in [3.8, 4) is 0 Å². The first-order valence-corrected chi connectivity index (χ1v) is 6.14. The fourth-order valence-corrected chi connectivity index (χ4v) is 2.11. The topological polar surface area (TPSA) is 63.3 Å². The highest BCUT2D eigenvalue weighted by Crippen LogP contribution is 2.25. The Morgan fingerprint density at radius 1 is 1.35 bits per heavy atom. The van der Waals surface area contributed by atoms with Crippen molar-refractivity contribution in [2.75, 3.05) is 6.61 Å². The molecule has 3 heteroatoms. The molecule has 0 saturated heterocycles. The van der Waals surface area contributed by atoms with Gasteiger partial charge in [-0.1, -0.05) is 43.7 Å². The van der Waals surface area contributed by atoms with Gasteiger partial charge >= 0.3 is 0 Å². The predicted octanol–water partition coefficient (Wildman–Crippen LogP) is 2.05. The molecule has 1 amide bonds. The van der Waals surface area contributed by atoms with Gasteiger partial charge in [-0.2, -0.15) is 0 Å². The van der Waals surface area contributed by atoms with E-state index in [0.717, 1.165) is 18.4 Å². The maximum atomic E-state index is 11.3. The number of carbonyl (C=O) groups is 1. The number of hydrogen-bond acceptors (Lipinski definition) is 2. The molecule has 1 aromatic rings. The van der Waals surface area contributed by atoms with Gasteiger partial charge in [0.2, 0.25) is 5.91 Å². The molecule has 0 aliphatic rings. The Morgan fingerprint density at radius 2 is 2.00 bits per heavy atom. The molecular weight excluding hydrogens is 214 g/mol. The van der Waals surface area contributed by atoms with Crippen molar-refractivity contribution in [3.05, 3.63) is 35.9 Å². The monoisotopic (exact) mass is 235 g/mol. The molecule has 1 rings (SSSR count). The molecule has 17 heavy (non-hydrogen) atoms. The van der Waals surface area contributed by atoms with Crippen LogP contribution in [0, 0.1) is 5.92 Å². The molecule has 0 heterocycles. The zero-order chi connectivity index (χ0) is 12.7. The minimum atomic E-state index is -0.263. The molecule has 0 aliphatic carbocycles. The number of benzene rings is 1. The van der Waals surface area contributed by atoms with Crippen LogP contribution in [-0.2, 0) is 4.79 Å². The number of aliphatic hydroxyl groups is 1. The molecule has 3 nitrogen and oxygen atoms in total. The molecule has 3 N–H and O–H groups in total. The van der Waals surface area contributed by atoms with Gasteiger partial charge in [-0.15, -0.1) is 0 Å².